The van der Waals surface area contributed by atoms with Crippen molar-refractivity contribution in [3.63, 3.8) is 0 Å². The van der Waals surface area contributed by atoms with Gasteiger partial charge in [-0.1, -0.05) is 16.8 Å². The fourth-order valence-corrected chi connectivity index (χ4v) is 4.97. The predicted octanol–water partition coefficient (Wildman–Crippen LogP) is 5.75. The van der Waals surface area contributed by atoms with E-state index in [1.807, 2.05) is 20.8 Å². The Morgan fingerprint density at radius 2 is 1.79 bits per heavy atom. The Hall–Kier alpha value is -2.29. The van der Waals surface area contributed by atoms with Crippen molar-refractivity contribution in [1.29, 1.82) is 0 Å². The number of alkyl halides is 1. The first-order chi connectivity index (χ1) is 15.3. The van der Waals surface area contributed by atoms with E-state index < -0.39 is 17.4 Å². The molecule has 2 bridgehead atoms. The van der Waals surface area contributed by atoms with Crippen molar-refractivity contribution >= 4 is 23.6 Å². The molecule has 8 nitrogen and oxygen atoms in total. The van der Waals surface area contributed by atoms with Crippen LogP contribution in [0.3, 0.4) is 0 Å². The lowest BCUT2D eigenvalue weighted by molar-refractivity contribution is 0.0302. The molecule has 0 radical (unpaired) electrons. The SMILES string of the molecule is CC(C)(C)OC(=O)N(CC12CCC(c3noc(C(C)(C)F)n3)(CC1)CC2)c1nccc(Cl)n1. The zero-order valence-corrected chi connectivity index (χ0v) is 20.6. The van der Waals surface area contributed by atoms with Crippen LogP contribution in [-0.2, 0) is 15.8 Å². The van der Waals surface area contributed by atoms with Crippen LogP contribution in [0.25, 0.3) is 0 Å². The van der Waals surface area contributed by atoms with Gasteiger partial charge in [0.25, 0.3) is 5.89 Å². The molecule has 33 heavy (non-hydrogen) atoms. The van der Waals surface area contributed by atoms with Crippen LogP contribution >= 0.6 is 11.6 Å². The number of aromatic nitrogens is 4. The van der Waals surface area contributed by atoms with Gasteiger partial charge >= 0.3 is 6.09 Å². The number of halogens is 2. The minimum absolute atomic E-state index is 0.0171. The van der Waals surface area contributed by atoms with Crippen molar-refractivity contribution in [2.45, 2.75) is 89.8 Å². The molecule has 0 saturated heterocycles. The maximum atomic E-state index is 14.3. The van der Waals surface area contributed by atoms with Gasteiger partial charge in [0.1, 0.15) is 10.8 Å². The van der Waals surface area contributed by atoms with Gasteiger partial charge in [0.15, 0.2) is 11.5 Å². The van der Waals surface area contributed by atoms with E-state index in [1.54, 1.807) is 6.07 Å². The van der Waals surface area contributed by atoms with Crippen LogP contribution in [-0.4, -0.2) is 38.3 Å². The van der Waals surface area contributed by atoms with Gasteiger partial charge in [-0.3, -0.25) is 0 Å². The van der Waals surface area contributed by atoms with Crippen molar-refractivity contribution in [1.82, 2.24) is 20.1 Å². The number of hydrogen-bond donors (Lipinski definition) is 0. The van der Waals surface area contributed by atoms with Crippen LogP contribution in [0, 0.1) is 5.41 Å². The molecule has 2 aromatic heterocycles. The third kappa shape index (κ3) is 4.98. The second-order valence-corrected chi connectivity index (χ2v) is 11.3. The topological polar surface area (TPSA) is 94.2 Å². The summed E-state index contributed by atoms with van der Waals surface area (Å²) in [5.41, 5.74) is -2.63. The Balaban J connectivity index is 1.54. The van der Waals surface area contributed by atoms with Gasteiger partial charge in [0, 0.05) is 18.2 Å². The standard InChI is InChI=1S/C23H31ClFN5O3/c1-20(2,3)32-19(31)30(18-26-13-6-15(24)27-18)14-22-7-10-23(11-8-22,12-9-22)16-28-17(33-29-16)21(4,5)25/h6,13H,7-12,14H2,1-5H3. The molecule has 1 amide bonds. The van der Waals surface area contributed by atoms with Gasteiger partial charge in [-0.05, 0) is 84.6 Å². The van der Waals surface area contributed by atoms with E-state index in [0.29, 0.717) is 12.4 Å². The molecule has 3 fully saturated rings. The van der Waals surface area contributed by atoms with E-state index in [2.05, 4.69) is 20.1 Å². The first kappa shape index (κ1) is 23.9. The summed E-state index contributed by atoms with van der Waals surface area (Å²) in [6, 6.07) is 1.57. The summed E-state index contributed by atoms with van der Waals surface area (Å²) in [6.07, 6.45) is 6.19. The summed E-state index contributed by atoms with van der Waals surface area (Å²) in [5, 5.41) is 4.40. The Morgan fingerprint density at radius 1 is 1.15 bits per heavy atom. The van der Waals surface area contributed by atoms with Crippen molar-refractivity contribution < 1.29 is 18.4 Å². The number of nitrogens with zero attached hydrogens (tertiary/aromatic N) is 5. The van der Waals surface area contributed by atoms with Gasteiger partial charge in [0.2, 0.25) is 5.95 Å². The quantitative estimate of drug-likeness (QED) is 0.503. The number of carbonyl (C=O) groups is 1. The maximum Gasteiger partial charge on any atom is 0.417 e. The molecule has 5 rings (SSSR count). The number of hydrogen-bond acceptors (Lipinski definition) is 7. The highest BCUT2D eigenvalue weighted by Gasteiger charge is 2.53. The summed E-state index contributed by atoms with van der Waals surface area (Å²) < 4.78 is 25.1. The van der Waals surface area contributed by atoms with Gasteiger partial charge in [-0.2, -0.15) is 4.98 Å². The molecule has 0 spiro atoms. The number of fused-ring (bicyclic) bond motifs is 3. The Morgan fingerprint density at radius 3 is 2.30 bits per heavy atom. The summed E-state index contributed by atoms with van der Waals surface area (Å²) in [7, 11) is 0. The van der Waals surface area contributed by atoms with Gasteiger partial charge in [0.05, 0.1) is 0 Å². The molecule has 0 aromatic carbocycles. The van der Waals surface area contributed by atoms with E-state index in [9.17, 15) is 9.18 Å². The van der Waals surface area contributed by atoms with Crippen LogP contribution in [0.5, 0.6) is 0 Å². The first-order valence-corrected chi connectivity index (χ1v) is 11.7. The van der Waals surface area contributed by atoms with E-state index >= 15 is 0 Å². The fraction of sp³-hybridized carbons (Fsp3) is 0.696. The first-order valence-electron chi connectivity index (χ1n) is 11.3. The lowest BCUT2D eigenvalue weighted by Gasteiger charge is -2.53. The van der Waals surface area contributed by atoms with E-state index in [-0.39, 0.29) is 27.8 Å². The number of carbonyl (C=O) groups excluding carboxylic acids is 1. The van der Waals surface area contributed by atoms with Crippen molar-refractivity contribution in [2.75, 3.05) is 11.4 Å². The lowest BCUT2D eigenvalue weighted by Crippen LogP contribution is -2.52. The molecule has 3 aliphatic rings. The van der Waals surface area contributed by atoms with Gasteiger partial charge in [-0.15, -0.1) is 0 Å². The molecule has 2 aromatic rings. The fourth-order valence-electron chi connectivity index (χ4n) is 4.84. The van der Waals surface area contributed by atoms with Crippen molar-refractivity contribution in [3.05, 3.63) is 29.1 Å². The van der Waals surface area contributed by atoms with Crippen LogP contribution in [0.4, 0.5) is 15.1 Å². The minimum Gasteiger partial charge on any atom is -0.443 e. The predicted molar refractivity (Wildman–Crippen MR) is 121 cm³/mol. The van der Waals surface area contributed by atoms with Crippen LogP contribution in [0.15, 0.2) is 16.8 Å². The van der Waals surface area contributed by atoms with Crippen molar-refractivity contribution in [3.8, 4) is 0 Å². The normalized spacial score (nSPS) is 25.2. The molecular formula is C23H31ClFN5O3. The highest BCUT2D eigenvalue weighted by atomic mass is 35.5. The minimum atomic E-state index is -1.67. The average molecular weight is 480 g/mol. The highest BCUT2D eigenvalue weighted by Crippen LogP contribution is 2.57. The lowest BCUT2D eigenvalue weighted by atomic mass is 9.53. The molecule has 2 heterocycles. The summed E-state index contributed by atoms with van der Waals surface area (Å²) in [4.78, 5) is 27.6. The molecule has 3 saturated carbocycles. The molecular weight excluding hydrogens is 449 g/mol. The average Bonchev–Trinajstić information content (AvgIpc) is 3.24. The number of rotatable bonds is 5. The van der Waals surface area contributed by atoms with E-state index in [0.717, 1.165) is 38.5 Å². The third-order valence-electron chi connectivity index (χ3n) is 6.77. The van der Waals surface area contributed by atoms with E-state index in [1.165, 1.54) is 24.9 Å². The molecule has 0 N–H and O–H groups in total. The maximum absolute atomic E-state index is 14.3. The van der Waals surface area contributed by atoms with Crippen molar-refractivity contribution in [2.24, 2.45) is 5.41 Å². The molecule has 180 valence electrons. The second-order valence-electron chi connectivity index (χ2n) is 10.9. The summed E-state index contributed by atoms with van der Waals surface area (Å²) in [5.74, 6) is 0.851. The van der Waals surface area contributed by atoms with Crippen LogP contribution in [0.1, 0.15) is 84.9 Å². The number of anilines is 1. The largest absolute Gasteiger partial charge is 0.443 e. The van der Waals surface area contributed by atoms with Crippen LogP contribution < -0.4 is 4.90 Å². The zero-order valence-electron chi connectivity index (χ0n) is 19.8. The van der Waals surface area contributed by atoms with E-state index in [4.69, 9.17) is 20.9 Å². The Bertz CT molecular complexity index is 1010. The Kier molecular flexibility index (Phi) is 5.91. The summed E-state index contributed by atoms with van der Waals surface area (Å²) >= 11 is 6.09. The molecule has 0 unspecified atom stereocenters. The second kappa shape index (κ2) is 8.18. The molecule has 0 atom stereocenters. The number of ether oxygens (including phenoxy) is 1. The van der Waals surface area contributed by atoms with Gasteiger partial charge in [-0.25, -0.2) is 24.1 Å². The smallest absolute Gasteiger partial charge is 0.417 e. The number of amides is 1. The van der Waals surface area contributed by atoms with Crippen LogP contribution in [0.2, 0.25) is 5.15 Å². The molecule has 3 aliphatic carbocycles. The highest BCUT2D eigenvalue weighted by molar-refractivity contribution is 6.29. The third-order valence-corrected chi connectivity index (χ3v) is 6.98. The Labute approximate surface area is 198 Å². The van der Waals surface area contributed by atoms with Gasteiger partial charge < -0.3 is 9.26 Å². The molecule has 10 heteroatoms. The zero-order chi connectivity index (χ0) is 24.1. The summed E-state index contributed by atoms with van der Waals surface area (Å²) in [6.45, 7) is 8.75. The monoisotopic (exact) mass is 479 g/mol. The molecule has 0 aliphatic heterocycles.